The third-order valence-electron chi connectivity index (χ3n) is 5.99. The van der Waals surface area contributed by atoms with Crippen LogP contribution in [0.15, 0.2) is 86.9 Å². The molecule has 2 heterocycles. The molecule has 1 aromatic heterocycles. The second-order valence-corrected chi connectivity index (χ2v) is 10.4. The summed E-state index contributed by atoms with van der Waals surface area (Å²) >= 11 is 2.61. The highest BCUT2D eigenvalue weighted by molar-refractivity contribution is 8.18. The van der Waals surface area contributed by atoms with Crippen LogP contribution in [0.4, 0.5) is 11.4 Å². The Labute approximate surface area is 217 Å². The summed E-state index contributed by atoms with van der Waals surface area (Å²) in [5, 5.41) is 12.7. The van der Waals surface area contributed by atoms with Crippen LogP contribution in [0.5, 0.6) is 0 Å². The maximum Gasteiger partial charge on any atom is 0.270 e. The van der Waals surface area contributed by atoms with Gasteiger partial charge >= 0.3 is 0 Å². The van der Waals surface area contributed by atoms with Crippen LogP contribution in [0.25, 0.3) is 6.08 Å². The summed E-state index contributed by atoms with van der Waals surface area (Å²) < 4.78 is 0. The van der Waals surface area contributed by atoms with Gasteiger partial charge in [-0.05, 0) is 72.3 Å². The van der Waals surface area contributed by atoms with Crippen molar-refractivity contribution >= 4 is 52.0 Å². The SMILES string of the molecule is O=C1/C(=C\c2cc([N+](=O)[O-])ccc2Sc2ncccn2)SC(=Nc2ccccc2)N1C1CCCCC1. The lowest BCUT2D eigenvalue weighted by Gasteiger charge is -2.30. The minimum atomic E-state index is -0.435. The molecule has 1 amide bonds. The highest BCUT2D eigenvalue weighted by Crippen LogP contribution is 2.40. The van der Waals surface area contributed by atoms with Crippen molar-refractivity contribution in [1.82, 2.24) is 14.9 Å². The first kappa shape index (κ1) is 24.2. The Morgan fingerprint density at radius 1 is 1.06 bits per heavy atom. The quantitative estimate of drug-likeness (QED) is 0.160. The Hall–Kier alpha value is -3.50. The third-order valence-corrected chi connectivity index (χ3v) is 7.96. The lowest BCUT2D eigenvalue weighted by Crippen LogP contribution is -2.40. The summed E-state index contributed by atoms with van der Waals surface area (Å²) in [6.07, 6.45) is 10.2. The van der Waals surface area contributed by atoms with Gasteiger partial charge in [0.1, 0.15) is 0 Å². The van der Waals surface area contributed by atoms with E-state index in [4.69, 9.17) is 4.99 Å². The van der Waals surface area contributed by atoms with Crippen molar-refractivity contribution in [2.24, 2.45) is 4.99 Å². The fraction of sp³-hybridized carbons (Fsp3) is 0.231. The van der Waals surface area contributed by atoms with Gasteiger partial charge in [0, 0.05) is 35.5 Å². The number of amides is 1. The molecule has 1 saturated carbocycles. The molecule has 8 nitrogen and oxygen atoms in total. The number of para-hydroxylation sites is 1. The van der Waals surface area contributed by atoms with Crippen LogP contribution in [-0.4, -0.2) is 36.9 Å². The Morgan fingerprint density at radius 2 is 1.81 bits per heavy atom. The second-order valence-electron chi connectivity index (χ2n) is 8.42. The monoisotopic (exact) mass is 517 g/mol. The zero-order chi connectivity index (χ0) is 24.9. The molecule has 1 saturated heterocycles. The standard InChI is InChI=1S/C26H23N5O3S2/c32-24-23(17-18-16-21(31(33)34)12-13-22(18)35-25-27-14-7-15-28-25)36-26(29-19-8-3-1-4-9-19)30(24)20-10-5-2-6-11-20/h1,3-4,7-9,12-17,20H,2,5-6,10-11H2/b23-17+,29-26?. The maximum absolute atomic E-state index is 13.7. The van der Waals surface area contributed by atoms with Crippen molar-refractivity contribution in [3.05, 3.63) is 87.6 Å². The topological polar surface area (TPSA) is 102 Å². The predicted octanol–water partition coefficient (Wildman–Crippen LogP) is 6.47. The van der Waals surface area contributed by atoms with Crippen molar-refractivity contribution in [1.29, 1.82) is 0 Å². The molecule has 0 bridgehead atoms. The van der Waals surface area contributed by atoms with Crippen LogP contribution in [0.1, 0.15) is 37.7 Å². The van der Waals surface area contributed by atoms with E-state index >= 15 is 0 Å². The second kappa shape index (κ2) is 11.0. The van der Waals surface area contributed by atoms with E-state index in [1.165, 1.54) is 42.1 Å². The van der Waals surface area contributed by atoms with Crippen molar-refractivity contribution < 1.29 is 9.72 Å². The number of non-ortho nitro benzene ring substituents is 1. The van der Waals surface area contributed by atoms with E-state index in [1.54, 1.807) is 30.6 Å². The highest BCUT2D eigenvalue weighted by atomic mass is 32.2. The van der Waals surface area contributed by atoms with Crippen LogP contribution in [0.2, 0.25) is 0 Å². The molecule has 0 N–H and O–H groups in total. The van der Waals surface area contributed by atoms with Gasteiger partial charge in [-0.25, -0.2) is 15.0 Å². The number of aliphatic imine (C=N–C) groups is 1. The number of hydrogen-bond acceptors (Lipinski definition) is 8. The normalized spacial score (nSPS) is 18.8. The number of benzene rings is 2. The van der Waals surface area contributed by atoms with E-state index in [1.807, 2.05) is 35.2 Å². The van der Waals surface area contributed by atoms with Crippen molar-refractivity contribution in [2.75, 3.05) is 0 Å². The number of nitro groups is 1. The van der Waals surface area contributed by atoms with Crippen molar-refractivity contribution in [2.45, 2.75) is 48.2 Å². The molecule has 3 aromatic rings. The predicted molar refractivity (Wildman–Crippen MR) is 142 cm³/mol. The molecule has 0 radical (unpaired) electrons. The van der Waals surface area contributed by atoms with Gasteiger partial charge in [0.15, 0.2) is 10.3 Å². The van der Waals surface area contributed by atoms with Crippen LogP contribution in [0.3, 0.4) is 0 Å². The smallest absolute Gasteiger partial charge is 0.270 e. The van der Waals surface area contributed by atoms with Gasteiger partial charge in [-0.2, -0.15) is 0 Å². The largest absolute Gasteiger partial charge is 0.283 e. The van der Waals surface area contributed by atoms with Gasteiger partial charge in [0.25, 0.3) is 11.6 Å². The summed E-state index contributed by atoms with van der Waals surface area (Å²) in [6, 6.07) is 16.0. The number of nitro benzene ring substituents is 1. The molecule has 36 heavy (non-hydrogen) atoms. The lowest BCUT2D eigenvalue weighted by molar-refractivity contribution is -0.384. The first-order valence-electron chi connectivity index (χ1n) is 11.7. The molecule has 0 unspecified atom stereocenters. The number of hydrogen-bond donors (Lipinski definition) is 0. The van der Waals surface area contributed by atoms with E-state index in [2.05, 4.69) is 9.97 Å². The minimum Gasteiger partial charge on any atom is -0.283 e. The molecule has 0 spiro atoms. The van der Waals surface area contributed by atoms with E-state index in [9.17, 15) is 14.9 Å². The van der Waals surface area contributed by atoms with Crippen LogP contribution in [0, 0.1) is 10.1 Å². The first-order valence-corrected chi connectivity index (χ1v) is 13.3. The van der Waals surface area contributed by atoms with E-state index in [-0.39, 0.29) is 17.6 Å². The van der Waals surface area contributed by atoms with Gasteiger partial charge in [0.2, 0.25) is 0 Å². The molecule has 2 fully saturated rings. The fourth-order valence-corrected chi connectivity index (χ4v) is 6.12. The number of carbonyl (C=O) groups is 1. The highest BCUT2D eigenvalue weighted by Gasteiger charge is 2.38. The average Bonchev–Trinajstić information content (AvgIpc) is 3.20. The van der Waals surface area contributed by atoms with Crippen LogP contribution >= 0.6 is 23.5 Å². The van der Waals surface area contributed by atoms with E-state index in [0.29, 0.717) is 20.8 Å². The molecule has 5 rings (SSSR count). The molecule has 0 atom stereocenters. The van der Waals surface area contributed by atoms with E-state index in [0.717, 1.165) is 36.3 Å². The molecular formula is C26H23N5O3S2. The summed E-state index contributed by atoms with van der Waals surface area (Å²) in [6.45, 7) is 0. The lowest BCUT2D eigenvalue weighted by atomic mass is 9.94. The summed E-state index contributed by atoms with van der Waals surface area (Å²) in [5.41, 5.74) is 1.31. The molecule has 10 heteroatoms. The zero-order valence-electron chi connectivity index (χ0n) is 19.3. The number of aromatic nitrogens is 2. The Morgan fingerprint density at radius 3 is 2.53 bits per heavy atom. The van der Waals surface area contributed by atoms with Gasteiger partial charge in [-0.3, -0.25) is 19.8 Å². The Bertz CT molecular complexity index is 1330. The van der Waals surface area contributed by atoms with Crippen molar-refractivity contribution in [3.63, 3.8) is 0 Å². The average molecular weight is 518 g/mol. The molecule has 2 aromatic carbocycles. The summed E-state index contributed by atoms with van der Waals surface area (Å²) in [5.74, 6) is -0.111. The third kappa shape index (κ3) is 5.50. The van der Waals surface area contributed by atoms with Crippen LogP contribution in [-0.2, 0) is 4.79 Å². The molecule has 1 aliphatic carbocycles. The molecule has 2 aliphatic rings. The number of rotatable bonds is 6. The number of amidine groups is 1. The van der Waals surface area contributed by atoms with Gasteiger partial charge in [-0.15, -0.1) is 0 Å². The fourth-order valence-electron chi connectivity index (χ4n) is 4.27. The van der Waals surface area contributed by atoms with E-state index < -0.39 is 4.92 Å². The first-order chi connectivity index (χ1) is 17.6. The number of carbonyl (C=O) groups excluding carboxylic acids is 1. The Balaban J connectivity index is 1.54. The number of thioether (sulfide) groups is 1. The van der Waals surface area contributed by atoms with Gasteiger partial charge in [-0.1, -0.05) is 37.5 Å². The number of nitrogens with zero attached hydrogens (tertiary/aromatic N) is 5. The molecular weight excluding hydrogens is 494 g/mol. The Kier molecular flexibility index (Phi) is 7.43. The maximum atomic E-state index is 13.7. The summed E-state index contributed by atoms with van der Waals surface area (Å²) in [4.78, 5) is 41.1. The van der Waals surface area contributed by atoms with Gasteiger partial charge in [0.05, 0.1) is 15.5 Å². The molecule has 1 aliphatic heterocycles. The molecule has 182 valence electrons. The summed E-state index contributed by atoms with van der Waals surface area (Å²) in [7, 11) is 0. The minimum absolute atomic E-state index is 0.0436. The van der Waals surface area contributed by atoms with Crippen molar-refractivity contribution in [3.8, 4) is 0 Å². The van der Waals surface area contributed by atoms with Gasteiger partial charge < -0.3 is 0 Å². The zero-order valence-corrected chi connectivity index (χ0v) is 21.0. The van der Waals surface area contributed by atoms with Crippen LogP contribution < -0.4 is 0 Å².